The van der Waals surface area contributed by atoms with E-state index in [1.807, 2.05) is 19.1 Å². The van der Waals surface area contributed by atoms with Gasteiger partial charge in [-0.3, -0.25) is 0 Å². The van der Waals surface area contributed by atoms with Crippen molar-refractivity contribution in [2.75, 3.05) is 0 Å². The number of fused-ring (bicyclic) bond motifs is 1. The lowest BCUT2D eigenvalue weighted by molar-refractivity contribution is 0.993. The lowest BCUT2D eigenvalue weighted by Crippen LogP contribution is -1.92. The first-order chi connectivity index (χ1) is 7.24. The van der Waals surface area contributed by atoms with Crippen LogP contribution < -0.4 is 0 Å². The second-order valence-electron chi connectivity index (χ2n) is 3.87. The van der Waals surface area contributed by atoms with Gasteiger partial charge in [-0.15, -0.1) is 0 Å². The van der Waals surface area contributed by atoms with E-state index in [-0.39, 0.29) is 5.92 Å². The average molecular weight is 195 g/mol. The molecule has 0 amide bonds. The molecule has 0 aromatic heterocycles. The molecule has 0 aliphatic rings. The van der Waals surface area contributed by atoms with E-state index in [2.05, 4.69) is 37.3 Å². The molecule has 0 bridgehead atoms. The summed E-state index contributed by atoms with van der Waals surface area (Å²) in [6.07, 6.45) is 0. The summed E-state index contributed by atoms with van der Waals surface area (Å²) in [5.74, 6) is -0.0458. The van der Waals surface area contributed by atoms with Crippen LogP contribution in [0.3, 0.4) is 0 Å². The van der Waals surface area contributed by atoms with E-state index in [1.165, 1.54) is 16.3 Å². The van der Waals surface area contributed by atoms with Crippen molar-refractivity contribution in [2.24, 2.45) is 0 Å². The Bertz CT molecular complexity index is 535. The molecular formula is C14H13N. The zero-order chi connectivity index (χ0) is 10.8. The van der Waals surface area contributed by atoms with Gasteiger partial charge in [-0.2, -0.15) is 5.26 Å². The molecular weight excluding hydrogens is 182 g/mol. The highest BCUT2D eigenvalue weighted by Gasteiger charge is 2.08. The smallest absolute Gasteiger partial charge is 0.0701 e. The topological polar surface area (TPSA) is 23.8 Å². The van der Waals surface area contributed by atoms with Crippen molar-refractivity contribution < 1.29 is 0 Å². The first-order valence-electron chi connectivity index (χ1n) is 5.12. The van der Waals surface area contributed by atoms with E-state index in [4.69, 9.17) is 5.26 Å². The van der Waals surface area contributed by atoms with Gasteiger partial charge in [0.25, 0.3) is 0 Å². The van der Waals surface area contributed by atoms with Gasteiger partial charge in [-0.25, -0.2) is 0 Å². The van der Waals surface area contributed by atoms with Gasteiger partial charge in [-0.05, 0) is 35.7 Å². The SMILES string of the molecule is Cc1ccc(C(C)C#N)c2ccccc12. The summed E-state index contributed by atoms with van der Waals surface area (Å²) in [5.41, 5.74) is 2.39. The maximum atomic E-state index is 8.97. The Kier molecular flexibility index (Phi) is 2.43. The Morgan fingerprint density at radius 3 is 2.40 bits per heavy atom. The molecule has 0 saturated carbocycles. The Morgan fingerprint density at radius 1 is 1.07 bits per heavy atom. The molecule has 0 spiro atoms. The molecule has 1 nitrogen and oxygen atoms in total. The average Bonchev–Trinajstić information content (AvgIpc) is 2.29. The third kappa shape index (κ3) is 1.59. The predicted molar refractivity (Wildman–Crippen MR) is 62.7 cm³/mol. The van der Waals surface area contributed by atoms with Crippen molar-refractivity contribution in [1.82, 2.24) is 0 Å². The van der Waals surface area contributed by atoms with E-state index in [9.17, 15) is 0 Å². The van der Waals surface area contributed by atoms with Gasteiger partial charge < -0.3 is 0 Å². The molecule has 2 aromatic rings. The minimum atomic E-state index is -0.0458. The largest absolute Gasteiger partial charge is 0.198 e. The van der Waals surface area contributed by atoms with Crippen molar-refractivity contribution in [3.8, 4) is 6.07 Å². The number of nitrogens with zero attached hydrogens (tertiary/aromatic N) is 1. The molecule has 1 unspecified atom stereocenters. The van der Waals surface area contributed by atoms with Crippen LogP contribution in [0.15, 0.2) is 36.4 Å². The van der Waals surface area contributed by atoms with Gasteiger partial charge in [0.05, 0.1) is 12.0 Å². The number of rotatable bonds is 1. The Balaban J connectivity index is 2.78. The van der Waals surface area contributed by atoms with E-state index < -0.39 is 0 Å². The van der Waals surface area contributed by atoms with Crippen LogP contribution >= 0.6 is 0 Å². The number of nitriles is 1. The van der Waals surface area contributed by atoms with Crippen LogP contribution in [-0.2, 0) is 0 Å². The molecule has 1 heteroatoms. The van der Waals surface area contributed by atoms with E-state index >= 15 is 0 Å². The summed E-state index contributed by atoms with van der Waals surface area (Å²) in [7, 11) is 0. The first-order valence-corrected chi connectivity index (χ1v) is 5.12. The standard InChI is InChI=1S/C14H13N/c1-10-7-8-13(11(2)9-15)14-6-4-3-5-12(10)14/h3-8,11H,1-2H3. The zero-order valence-corrected chi connectivity index (χ0v) is 8.99. The number of benzene rings is 2. The minimum Gasteiger partial charge on any atom is -0.198 e. The third-order valence-corrected chi connectivity index (χ3v) is 2.84. The molecule has 0 fully saturated rings. The van der Waals surface area contributed by atoms with E-state index in [1.54, 1.807) is 0 Å². The van der Waals surface area contributed by atoms with Crippen LogP contribution in [0.4, 0.5) is 0 Å². The highest BCUT2D eigenvalue weighted by molar-refractivity contribution is 5.89. The minimum absolute atomic E-state index is 0.0458. The van der Waals surface area contributed by atoms with Crippen LogP contribution in [0.1, 0.15) is 24.0 Å². The molecule has 74 valence electrons. The van der Waals surface area contributed by atoms with Crippen LogP contribution in [0.25, 0.3) is 10.8 Å². The van der Waals surface area contributed by atoms with Crippen LogP contribution in [0.5, 0.6) is 0 Å². The quantitative estimate of drug-likeness (QED) is 0.679. The first kappa shape index (κ1) is 9.73. The Morgan fingerprint density at radius 2 is 1.73 bits per heavy atom. The summed E-state index contributed by atoms with van der Waals surface area (Å²) in [6, 6.07) is 14.7. The summed E-state index contributed by atoms with van der Waals surface area (Å²) < 4.78 is 0. The maximum absolute atomic E-state index is 8.97. The molecule has 0 radical (unpaired) electrons. The van der Waals surface area contributed by atoms with Crippen molar-refractivity contribution in [1.29, 1.82) is 5.26 Å². The van der Waals surface area contributed by atoms with Gasteiger partial charge >= 0.3 is 0 Å². The van der Waals surface area contributed by atoms with Gasteiger partial charge in [0.2, 0.25) is 0 Å². The fourth-order valence-electron chi connectivity index (χ4n) is 1.92. The summed E-state index contributed by atoms with van der Waals surface area (Å²) in [5, 5.41) is 11.4. The number of hydrogen-bond acceptors (Lipinski definition) is 1. The van der Waals surface area contributed by atoms with E-state index in [0.29, 0.717) is 0 Å². The molecule has 0 heterocycles. The molecule has 0 aliphatic heterocycles. The second kappa shape index (κ2) is 3.74. The second-order valence-corrected chi connectivity index (χ2v) is 3.87. The third-order valence-electron chi connectivity index (χ3n) is 2.84. The molecule has 0 N–H and O–H groups in total. The van der Waals surface area contributed by atoms with Crippen molar-refractivity contribution >= 4 is 10.8 Å². The molecule has 0 aliphatic carbocycles. The van der Waals surface area contributed by atoms with Crippen molar-refractivity contribution in [3.63, 3.8) is 0 Å². The van der Waals surface area contributed by atoms with Gasteiger partial charge in [-0.1, -0.05) is 36.4 Å². The summed E-state index contributed by atoms with van der Waals surface area (Å²) >= 11 is 0. The fraction of sp³-hybridized carbons (Fsp3) is 0.214. The fourth-order valence-corrected chi connectivity index (χ4v) is 1.92. The molecule has 0 saturated heterocycles. The zero-order valence-electron chi connectivity index (χ0n) is 8.99. The normalized spacial score (nSPS) is 12.3. The highest BCUT2D eigenvalue weighted by atomic mass is 14.3. The lowest BCUT2D eigenvalue weighted by Gasteiger charge is -2.09. The maximum Gasteiger partial charge on any atom is 0.0701 e. The summed E-state index contributed by atoms with van der Waals surface area (Å²) in [6.45, 7) is 4.04. The Hall–Kier alpha value is -1.81. The monoisotopic (exact) mass is 195 g/mol. The van der Waals surface area contributed by atoms with Gasteiger partial charge in [0.1, 0.15) is 0 Å². The number of hydrogen-bond donors (Lipinski definition) is 0. The van der Waals surface area contributed by atoms with Crippen molar-refractivity contribution in [2.45, 2.75) is 19.8 Å². The Labute approximate surface area is 90.0 Å². The summed E-state index contributed by atoms with van der Waals surface area (Å²) in [4.78, 5) is 0. The van der Waals surface area contributed by atoms with Gasteiger partial charge in [0.15, 0.2) is 0 Å². The van der Waals surface area contributed by atoms with Crippen LogP contribution in [0, 0.1) is 18.3 Å². The van der Waals surface area contributed by atoms with Crippen LogP contribution in [0.2, 0.25) is 0 Å². The van der Waals surface area contributed by atoms with Gasteiger partial charge in [0, 0.05) is 0 Å². The molecule has 1 atom stereocenters. The highest BCUT2D eigenvalue weighted by Crippen LogP contribution is 2.27. The molecule has 15 heavy (non-hydrogen) atoms. The van der Waals surface area contributed by atoms with E-state index in [0.717, 1.165) is 5.56 Å². The number of aryl methyl sites for hydroxylation is 1. The molecule has 2 aromatic carbocycles. The predicted octanol–water partition coefficient (Wildman–Crippen LogP) is 3.78. The lowest BCUT2D eigenvalue weighted by atomic mass is 9.93. The van der Waals surface area contributed by atoms with Crippen LogP contribution in [-0.4, -0.2) is 0 Å². The molecule has 2 rings (SSSR count). The van der Waals surface area contributed by atoms with Crippen molar-refractivity contribution in [3.05, 3.63) is 47.5 Å².